The summed E-state index contributed by atoms with van der Waals surface area (Å²) in [6, 6.07) is 5.49. The molecule has 1 saturated heterocycles. The van der Waals surface area contributed by atoms with Crippen LogP contribution in [-0.2, 0) is 9.59 Å². The second-order valence-electron chi connectivity index (χ2n) is 6.44. The second-order valence-corrected chi connectivity index (χ2v) is 7.39. The fourth-order valence-electron chi connectivity index (χ4n) is 2.99. The fraction of sp³-hybridized carbons (Fsp3) is 0.333. The summed E-state index contributed by atoms with van der Waals surface area (Å²) >= 11 is 1.17. The van der Waals surface area contributed by atoms with Crippen LogP contribution in [-0.4, -0.2) is 81.9 Å². The van der Waals surface area contributed by atoms with E-state index in [4.69, 9.17) is 0 Å². The number of Topliss-reactive ketones (excluding diaryl/α,β-unsaturated/α-hetero) is 1. The fourth-order valence-corrected chi connectivity index (χ4v) is 3.79. The average Bonchev–Trinajstić information content (AvgIpc) is 3.00. The Morgan fingerprint density at radius 1 is 1.25 bits per heavy atom. The number of thioether (sulfide) groups is 1. The number of nitrogens with zero attached hydrogens (tertiary/aromatic N) is 4. The lowest BCUT2D eigenvalue weighted by atomic mass is 10.1. The van der Waals surface area contributed by atoms with Crippen molar-refractivity contribution < 1.29 is 23.8 Å². The first-order valence-electron chi connectivity index (χ1n) is 8.48. The summed E-state index contributed by atoms with van der Waals surface area (Å²) in [6.45, 7) is 1.46. The molecule has 1 fully saturated rings. The molecule has 0 bridgehead atoms. The van der Waals surface area contributed by atoms with Crippen molar-refractivity contribution >= 4 is 52.1 Å². The molecule has 0 aromatic heterocycles. The lowest BCUT2D eigenvalue weighted by Crippen LogP contribution is -2.59. The summed E-state index contributed by atoms with van der Waals surface area (Å²) < 4.78 is 1.65. The van der Waals surface area contributed by atoms with Crippen molar-refractivity contribution in [3.05, 3.63) is 29.8 Å². The molecule has 146 valence electrons. The number of likely N-dealkylation sites (N-methyl/N-ethyl adjacent to an activating group) is 2. The van der Waals surface area contributed by atoms with E-state index in [-0.39, 0.29) is 17.4 Å². The standard InChI is InChI=1S/C18H19N5O4S/c1-10(24)11-6-5-7-12(8-11)19-13(25)9-28-17-20-14-15(21(17)2)22(3)18(27)23(4)16(14)26/h5-8,14H,9H2,1-4H3/p+1. The van der Waals surface area contributed by atoms with Gasteiger partial charge < -0.3 is 5.32 Å². The summed E-state index contributed by atoms with van der Waals surface area (Å²) in [4.78, 5) is 55.0. The minimum Gasteiger partial charge on any atom is -0.325 e. The number of ketones is 1. The van der Waals surface area contributed by atoms with Gasteiger partial charge in [0.25, 0.3) is 23.0 Å². The van der Waals surface area contributed by atoms with Gasteiger partial charge in [0.05, 0.1) is 19.8 Å². The van der Waals surface area contributed by atoms with Crippen LogP contribution in [0.2, 0.25) is 0 Å². The maximum Gasteiger partial charge on any atom is 0.388 e. The molecule has 2 aliphatic heterocycles. The molecular formula is C18H20N5O4S+. The van der Waals surface area contributed by atoms with Gasteiger partial charge in [-0.1, -0.05) is 12.1 Å². The normalized spacial score (nSPS) is 19.0. The number of hydrogen-bond donors (Lipinski definition) is 1. The second kappa shape index (κ2) is 7.55. The highest BCUT2D eigenvalue weighted by molar-refractivity contribution is 8.14. The number of carbonyl (C=O) groups is 4. The topological polar surface area (TPSA) is 102 Å². The van der Waals surface area contributed by atoms with Gasteiger partial charge in [-0.2, -0.15) is 0 Å². The Morgan fingerprint density at radius 3 is 2.64 bits per heavy atom. The van der Waals surface area contributed by atoms with Gasteiger partial charge in [-0.05, 0) is 30.8 Å². The Balaban J connectivity index is 1.68. The van der Waals surface area contributed by atoms with Crippen molar-refractivity contribution in [1.29, 1.82) is 0 Å². The maximum absolute atomic E-state index is 12.3. The Morgan fingerprint density at radius 2 is 1.96 bits per heavy atom. The summed E-state index contributed by atoms with van der Waals surface area (Å²) in [7, 11) is 4.71. The zero-order valence-corrected chi connectivity index (χ0v) is 16.7. The molecule has 1 N–H and O–H groups in total. The van der Waals surface area contributed by atoms with Crippen molar-refractivity contribution in [1.82, 2.24) is 9.80 Å². The van der Waals surface area contributed by atoms with E-state index in [1.54, 1.807) is 42.9 Å². The molecule has 3 rings (SSSR count). The Labute approximate surface area is 166 Å². The first-order chi connectivity index (χ1) is 13.2. The smallest absolute Gasteiger partial charge is 0.325 e. The largest absolute Gasteiger partial charge is 0.388 e. The molecule has 28 heavy (non-hydrogen) atoms. The van der Waals surface area contributed by atoms with Crippen molar-refractivity contribution in [2.45, 2.75) is 13.0 Å². The van der Waals surface area contributed by atoms with Gasteiger partial charge in [0.1, 0.15) is 0 Å². The molecule has 2 aliphatic rings. The predicted octanol–water partition coefficient (Wildman–Crippen LogP) is 0.864. The Kier molecular flexibility index (Phi) is 5.32. The van der Waals surface area contributed by atoms with E-state index in [1.165, 1.54) is 30.6 Å². The number of rotatable bonds is 4. The highest BCUT2D eigenvalue weighted by atomic mass is 32.2. The number of anilines is 1. The molecule has 10 heteroatoms. The van der Waals surface area contributed by atoms with Crippen LogP contribution in [0, 0.1) is 0 Å². The number of amidine groups is 2. The van der Waals surface area contributed by atoms with E-state index < -0.39 is 18.0 Å². The lowest BCUT2D eigenvalue weighted by Gasteiger charge is -2.27. The molecule has 1 atom stereocenters. The number of fused-ring (bicyclic) bond motifs is 1. The quantitative estimate of drug-likeness (QED) is 0.595. The summed E-state index contributed by atoms with van der Waals surface area (Å²) in [6.07, 6.45) is 0. The van der Waals surface area contributed by atoms with Crippen LogP contribution in [0.1, 0.15) is 17.3 Å². The SMILES string of the molecule is CC(=O)c1cccc(NC(=O)CSC2=NC3C(=O)N(C)C(=O)N(C)C3=[N+]2C)c1. The number of nitrogens with one attached hydrogen (secondary N) is 1. The van der Waals surface area contributed by atoms with Crippen LogP contribution >= 0.6 is 11.8 Å². The van der Waals surface area contributed by atoms with Crippen LogP contribution in [0.3, 0.4) is 0 Å². The van der Waals surface area contributed by atoms with Crippen LogP contribution in [0.5, 0.6) is 0 Å². The molecule has 1 aromatic carbocycles. The molecule has 0 saturated carbocycles. The van der Waals surface area contributed by atoms with Gasteiger partial charge in [-0.15, -0.1) is 4.99 Å². The van der Waals surface area contributed by atoms with Crippen LogP contribution in [0.15, 0.2) is 29.3 Å². The number of hydrogen-bond acceptors (Lipinski definition) is 6. The monoisotopic (exact) mass is 402 g/mol. The van der Waals surface area contributed by atoms with E-state index in [2.05, 4.69) is 10.3 Å². The highest BCUT2D eigenvalue weighted by Crippen LogP contribution is 2.22. The first kappa shape index (κ1) is 19.7. The summed E-state index contributed by atoms with van der Waals surface area (Å²) in [5, 5.41) is 3.22. The maximum atomic E-state index is 12.3. The van der Waals surface area contributed by atoms with Gasteiger partial charge in [-0.25, -0.2) is 14.3 Å². The van der Waals surface area contributed by atoms with Gasteiger partial charge in [0.15, 0.2) is 5.78 Å². The van der Waals surface area contributed by atoms with Gasteiger partial charge in [0, 0.05) is 18.3 Å². The van der Waals surface area contributed by atoms with E-state index in [0.717, 1.165) is 4.90 Å². The van der Waals surface area contributed by atoms with Gasteiger partial charge in [0.2, 0.25) is 5.91 Å². The molecule has 0 aliphatic carbocycles. The van der Waals surface area contributed by atoms with E-state index >= 15 is 0 Å². The minimum atomic E-state index is -0.782. The molecule has 4 amide bonds. The zero-order valence-electron chi connectivity index (χ0n) is 15.9. The van der Waals surface area contributed by atoms with E-state index in [9.17, 15) is 19.2 Å². The minimum absolute atomic E-state index is 0.0646. The Bertz CT molecular complexity index is 955. The average molecular weight is 402 g/mol. The number of aliphatic imine (C=N–C) groups is 1. The predicted molar refractivity (Wildman–Crippen MR) is 106 cm³/mol. The highest BCUT2D eigenvalue weighted by Gasteiger charge is 2.51. The summed E-state index contributed by atoms with van der Waals surface area (Å²) in [5.41, 5.74) is 1.05. The van der Waals surface area contributed by atoms with Crippen molar-refractivity contribution in [3.8, 4) is 0 Å². The van der Waals surface area contributed by atoms with Gasteiger partial charge in [-0.3, -0.25) is 19.3 Å². The van der Waals surface area contributed by atoms with E-state index in [0.29, 0.717) is 22.3 Å². The van der Waals surface area contributed by atoms with Crippen molar-refractivity contribution in [2.24, 2.45) is 4.99 Å². The molecule has 0 spiro atoms. The lowest BCUT2D eigenvalue weighted by molar-refractivity contribution is -0.367. The zero-order chi connectivity index (χ0) is 20.6. The molecule has 2 heterocycles. The number of benzene rings is 1. The first-order valence-corrected chi connectivity index (χ1v) is 9.46. The molecular weight excluding hydrogens is 382 g/mol. The summed E-state index contributed by atoms with van der Waals surface area (Å²) in [5.74, 6) is -0.207. The third kappa shape index (κ3) is 3.55. The van der Waals surface area contributed by atoms with Crippen molar-refractivity contribution in [2.75, 3.05) is 32.2 Å². The molecule has 0 radical (unpaired) electrons. The number of imide groups is 1. The molecule has 1 unspecified atom stereocenters. The van der Waals surface area contributed by atoms with Crippen LogP contribution in [0.25, 0.3) is 0 Å². The molecule has 9 nitrogen and oxygen atoms in total. The number of carbonyl (C=O) groups excluding carboxylic acids is 4. The third-order valence-electron chi connectivity index (χ3n) is 4.48. The van der Waals surface area contributed by atoms with Crippen LogP contribution < -0.4 is 5.32 Å². The van der Waals surface area contributed by atoms with Crippen molar-refractivity contribution in [3.63, 3.8) is 0 Å². The van der Waals surface area contributed by atoms with Gasteiger partial charge >= 0.3 is 6.03 Å². The van der Waals surface area contributed by atoms with E-state index in [1.807, 2.05) is 0 Å². The van der Waals surface area contributed by atoms with Crippen LogP contribution in [0.4, 0.5) is 10.5 Å². The number of amides is 4. The number of urea groups is 1. The Hall–Kier alpha value is -3.01. The third-order valence-corrected chi connectivity index (χ3v) is 5.53. The molecule has 1 aromatic rings.